The van der Waals surface area contributed by atoms with Gasteiger partial charge >= 0.3 is 6.18 Å². The molecule has 154 valence electrons. The Hall–Kier alpha value is -2.50. The van der Waals surface area contributed by atoms with Crippen LogP contribution >= 0.6 is 0 Å². The molecule has 0 saturated carbocycles. The molecular weight excluding hydrogens is 392 g/mol. The van der Waals surface area contributed by atoms with Crippen LogP contribution in [-0.4, -0.2) is 59.6 Å². The summed E-state index contributed by atoms with van der Waals surface area (Å²) in [5.41, 5.74) is 7.66. The van der Waals surface area contributed by atoms with Crippen LogP contribution < -0.4 is 11.2 Å². The number of halogens is 6. The highest BCUT2D eigenvalue weighted by molar-refractivity contribution is 5.90. The molecule has 0 bridgehead atoms. The lowest BCUT2D eigenvalue weighted by molar-refractivity contribution is -0.179. The van der Waals surface area contributed by atoms with Crippen LogP contribution in [0.1, 0.15) is 12.0 Å². The molecule has 2 aliphatic rings. The van der Waals surface area contributed by atoms with Gasteiger partial charge in [-0.05, 0) is 18.1 Å². The summed E-state index contributed by atoms with van der Waals surface area (Å²) in [6, 6.07) is 0.210. The summed E-state index contributed by atoms with van der Waals surface area (Å²) in [4.78, 5) is 14.7. The topological polar surface area (TPSA) is 74.0 Å². The molecule has 1 saturated heterocycles. The van der Waals surface area contributed by atoms with Gasteiger partial charge in [-0.1, -0.05) is 0 Å². The average molecular weight is 409 g/mol. The first-order valence-electron chi connectivity index (χ1n) is 8.38. The van der Waals surface area contributed by atoms with Gasteiger partial charge in [0.05, 0.1) is 6.54 Å². The minimum absolute atomic E-state index is 0.0401. The highest BCUT2D eigenvalue weighted by atomic mass is 19.4. The number of carbonyl (C=O) groups excluding carboxylic acids is 1. The summed E-state index contributed by atoms with van der Waals surface area (Å²) in [6.07, 6.45) is -6.86. The lowest BCUT2D eigenvalue weighted by Gasteiger charge is -2.37. The lowest BCUT2D eigenvalue weighted by Crippen LogP contribution is -2.58. The molecule has 0 radical (unpaired) electrons. The quantitative estimate of drug-likeness (QED) is 0.581. The standard InChI is InChI=1S/C16H17F6N5O/c17-10-6-12(19)11(18)4-8(10)3-9(23)5-14(28)26-1-2-27-13(7-26)24-25-15(27)16(20,21)22/h4,6,9,15,25H,1-3,5,7,23H2/t9-,15-/m1/s1. The molecule has 12 heteroatoms. The largest absolute Gasteiger partial charge is 0.428 e. The molecule has 1 fully saturated rings. The van der Waals surface area contributed by atoms with Gasteiger partial charge < -0.3 is 15.5 Å². The van der Waals surface area contributed by atoms with Gasteiger partial charge in [0.15, 0.2) is 11.6 Å². The van der Waals surface area contributed by atoms with Crippen molar-refractivity contribution in [2.45, 2.75) is 31.2 Å². The van der Waals surface area contributed by atoms with Crippen LogP contribution in [0, 0.1) is 17.5 Å². The zero-order valence-corrected chi connectivity index (χ0v) is 14.4. The van der Waals surface area contributed by atoms with Crippen LogP contribution in [0.4, 0.5) is 26.3 Å². The molecule has 1 aromatic carbocycles. The number of nitrogens with one attached hydrogen (secondary N) is 1. The Morgan fingerprint density at radius 2 is 1.89 bits per heavy atom. The average Bonchev–Trinajstić information content (AvgIpc) is 3.03. The lowest BCUT2D eigenvalue weighted by atomic mass is 10.0. The first-order chi connectivity index (χ1) is 13.1. The van der Waals surface area contributed by atoms with E-state index in [0.29, 0.717) is 12.1 Å². The second kappa shape index (κ2) is 7.49. The van der Waals surface area contributed by atoms with Gasteiger partial charge in [-0.15, -0.1) is 0 Å². The second-order valence-electron chi connectivity index (χ2n) is 6.64. The smallest absolute Gasteiger partial charge is 0.333 e. The molecule has 0 spiro atoms. The first kappa shape index (κ1) is 20.2. The van der Waals surface area contributed by atoms with E-state index in [-0.39, 0.29) is 43.9 Å². The number of piperazine rings is 1. The zero-order valence-electron chi connectivity index (χ0n) is 14.4. The number of hydrogen-bond acceptors (Lipinski definition) is 5. The van der Waals surface area contributed by atoms with Crippen molar-refractivity contribution in [3.05, 3.63) is 35.1 Å². The molecular formula is C16H17F6N5O. The SMILES string of the molecule is N[C@@H](CC(=O)N1CCN2C(=NN[C@H]2C(F)(F)F)C1)Cc1cc(F)c(F)cc1F. The summed E-state index contributed by atoms with van der Waals surface area (Å²) < 4.78 is 78.6. The Morgan fingerprint density at radius 3 is 2.57 bits per heavy atom. The number of alkyl halides is 3. The van der Waals surface area contributed by atoms with E-state index < -0.39 is 41.7 Å². The number of nitrogens with two attached hydrogens (primary N) is 1. The second-order valence-corrected chi connectivity index (χ2v) is 6.64. The number of amides is 1. The Kier molecular flexibility index (Phi) is 5.41. The molecule has 0 unspecified atom stereocenters. The van der Waals surface area contributed by atoms with Gasteiger partial charge in [-0.3, -0.25) is 10.2 Å². The molecule has 0 aliphatic carbocycles. The van der Waals surface area contributed by atoms with Crippen molar-refractivity contribution in [1.29, 1.82) is 0 Å². The predicted molar refractivity (Wildman–Crippen MR) is 86.3 cm³/mol. The van der Waals surface area contributed by atoms with Crippen molar-refractivity contribution < 1.29 is 31.1 Å². The first-order valence-corrected chi connectivity index (χ1v) is 8.38. The third-order valence-corrected chi connectivity index (χ3v) is 4.57. The molecule has 1 aromatic rings. The molecule has 2 heterocycles. The van der Waals surface area contributed by atoms with Crippen LogP contribution in [0.2, 0.25) is 0 Å². The number of hydrazone groups is 1. The van der Waals surface area contributed by atoms with Crippen LogP contribution in [0.15, 0.2) is 17.2 Å². The van der Waals surface area contributed by atoms with Gasteiger partial charge in [0, 0.05) is 31.6 Å². The molecule has 1 amide bonds. The van der Waals surface area contributed by atoms with Crippen molar-refractivity contribution in [3.8, 4) is 0 Å². The molecule has 6 nitrogen and oxygen atoms in total. The molecule has 3 N–H and O–H groups in total. The van der Waals surface area contributed by atoms with E-state index >= 15 is 0 Å². The maximum absolute atomic E-state index is 13.7. The van der Waals surface area contributed by atoms with E-state index in [1.54, 1.807) is 0 Å². The number of benzene rings is 1. The van der Waals surface area contributed by atoms with Crippen molar-refractivity contribution in [1.82, 2.24) is 15.2 Å². The molecule has 2 atom stereocenters. The number of amidine groups is 1. The number of nitrogens with zero attached hydrogens (tertiary/aromatic N) is 3. The molecule has 28 heavy (non-hydrogen) atoms. The van der Waals surface area contributed by atoms with E-state index in [9.17, 15) is 31.1 Å². The third-order valence-electron chi connectivity index (χ3n) is 4.57. The number of rotatable bonds is 4. The number of hydrogen-bond donors (Lipinski definition) is 2. The van der Waals surface area contributed by atoms with E-state index in [4.69, 9.17) is 5.73 Å². The summed E-state index contributed by atoms with van der Waals surface area (Å²) in [6.45, 7) is -0.141. The van der Waals surface area contributed by atoms with Gasteiger partial charge in [-0.25, -0.2) is 13.2 Å². The maximum atomic E-state index is 13.7. The van der Waals surface area contributed by atoms with Crippen LogP contribution in [0.3, 0.4) is 0 Å². The van der Waals surface area contributed by atoms with Gasteiger partial charge in [0.1, 0.15) is 11.7 Å². The van der Waals surface area contributed by atoms with Gasteiger partial charge in [0.25, 0.3) is 0 Å². The van der Waals surface area contributed by atoms with E-state index in [1.165, 1.54) is 4.90 Å². The van der Waals surface area contributed by atoms with Crippen LogP contribution in [0.5, 0.6) is 0 Å². The van der Waals surface area contributed by atoms with Crippen molar-refractivity contribution >= 4 is 11.7 Å². The Bertz CT molecular complexity index is 798. The zero-order chi connectivity index (χ0) is 20.6. The number of fused-ring (bicyclic) bond motifs is 1. The van der Waals surface area contributed by atoms with Gasteiger partial charge in [-0.2, -0.15) is 18.3 Å². The highest BCUT2D eigenvalue weighted by Gasteiger charge is 2.49. The fraction of sp³-hybridized carbons (Fsp3) is 0.500. The summed E-state index contributed by atoms with van der Waals surface area (Å²) in [7, 11) is 0. The van der Waals surface area contributed by atoms with E-state index in [1.807, 2.05) is 5.43 Å². The minimum Gasteiger partial charge on any atom is -0.333 e. The fourth-order valence-electron chi connectivity index (χ4n) is 3.17. The highest BCUT2D eigenvalue weighted by Crippen LogP contribution is 2.27. The predicted octanol–water partition coefficient (Wildman–Crippen LogP) is 1.31. The van der Waals surface area contributed by atoms with E-state index in [0.717, 1.165) is 4.90 Å². The minimum atomic E-state index is -4.51. The maximum Gasteiger partial charge on any atom is 0.428 e. The Morgan fingerprint density at radius 1 is 1.21 bits per heavy atom. The molecule has 3 rings (SSSR count). The molecule has 2 aliphatic heterocycles. The third kappa shape index (κ3) is 4.16. The van der Waals surface area contributed by atoms with E-state index in [2.05, 4.69) is 5.10 Å². The van der Waals surface area contributed by atoms with Crippen molar-refractivity contribution in [3.63, 3.8) is 0 Å². The summed E-state index contributed by atoms with van der Waals surface area (Å²) >= 11 is 0. The normalized spacial score (nSPS) is 20.5. The Labute approximate surface area is 155 Å². The number of carbonyl (C=O) groups is 1. The van der Waals surface area contributed by atoms with Crippen LogP contribution in [-0.2, 0) is 11.2 Å². The van der Waals surface area contributed by atoms with Crippen molar-refractivity contribution in [2.75, 3.05) is 19.6 Å². The molecule has 0 aromatic heterocycles. The van der Waals surface area contributed by atoms with Crippen LogP contribution in [0.25, 0.3) is 0 Å². The van der Waals surface area contributed by atoms with Gasteiger partial charge in [0.2, 0.25) is 12.1 Å². The summed E-state index contributed by atoms with van der Waals surface area (Å²) in [5.74, 6) is -3.89. The Balaban J connectivity index is 1.57. The van der Waals surface area contributed by atoms with Crippen molar-refractivity contribution in [2.24, 2.45) is 10.8 Å². The fourth-order valence-corrected chi connectivity index (χ4v) is 3.17. The summed E-state index contributed by atoms with van der Waals surface area (Å²) in [5, 5.41) is 3.64. The monoisotopic (exact) mass is 409 g/mol.